The molecule has 1 fully saturated rings. The lowest BCUT2D eigenvalue weighted by molar-refractivity contribution is 0.415. The number of aromatic amines is 1. The minimum absolute atomic E-state index is 0.00638. The first-order chi connectivity index (χ1) is 8.61. The Balaban J connectivity index is 2.36. The minimum atomic E-state index is -0.597. The fourth-order valence-electron chi connectivity index (χ4n) is 2.58. The Kier molecular flexibility index (Phi) is 3.66. The summed E-state index contributed by atoms with van der Waals surface area (Å²) in [7, 11) is 0. The molecule has 1 aliphatic rings. The molecule has 0 spiro atoms. The van der Waals surface area contributed by atoms with Gasteiger partial charge in [-0.1, -0.05) is 19.8 Å². The summed E-state index contributed by atoms with van der Waals surface area (Å²) in [6.07, 6.45) is 6.61. The van der Waals surface area contributed by atoms with Crippen LogP contribution in [0.15, 0.2) is 15.8 Å². The summed E-state index contributed by atoms with van der Waals surface area (Å²) in [5.74, 6) is 0.684. The van der Waals surface area contributed by atoms with Gasteiger partial charge in [0, 0.05) is 12.2 Å². The molecule has 2 atom stereocenters. The second-order valence-corrected chi connectivity index (χ2v) is 5.09. The molecule has 1 aromatic rings. The van der Waals surface area contributed by atoms with E-state index in [9.17, 15) is 9.59 Å². The average molecular weight is 247 g/mol. The van der Waals surface area contributed by atoms with Gasteiger partial charge in [-0.25, -0.2) is 4.79 Å². The van der Waals surface area contributed by atoms with Crippen LogP contribution in [0.5, 0.6) is 0 Å². The summed E-state index contributed by atoms with van der Waals surface area (Å²) < 4.78 is 1.53. The average Bonchev–Trinajstić information content (AvgIpc) is 2.54. The second-order valence-electron chi connectivity index (χ2n) is 5.09. The highest BCUT2D eigenvalue weighted by atomic mass is 16.2. The van der Waals surface area contributed by atoms with Crippen molar-refractivity contribution in [2.24, 2.45) is 5.92 Å². The van der Waals surface area contributed by atoms with Crippen LogP contribution in [0.4, 0.5) is 0 Å². The van der Waals surface area contributed by atoms with Gasteiger partial charge in [0.15, 0.2) is 0 Å². The molecule has 0 amide bonds. The van der Waals surface area contributed by atoms with E-state index in [4.69, 9.17) is 5.26 Å². The molecule has 0 aliphatic heterocycles. The van der Waals surface area contributed by atoms with E-state index in [0.29, 0.717) is 5.92 Å². The maximum atomic E-state index is 11.8. The Labute approximate surface area is 105 Å². The molecule has 1 aromatic heterocycles. The van der Waals surface area contributed by atoms with Crippen molar-refractivity contribution in [3.05, 3.63) is 32.6 Å². The third-order valence-electron chi connectivity index (χ3n) is 3.71. The van der Waals surface area contributed by atoms with Gasteiger partial charge in [-0.15, -0.1) is 0 Å². The van der Waals surface area contributed by atoms with E-state index in [-0.39, 0.29) is 11.6 Å². The lowest BCUT2D eigenvalue weighted by Gasteiger charge is -2.17. The van der Waals surface area contributed by atoms with E-state index in [2.05, 4.69) is 11.9 Å². The molecule has 0 radical (unpaired) electrons. The Morgan fingerprint density at radius 2 is 2.11 bits per heavy atom. The van der Waals surface area contributed by atoms with Gasteiger partial charge in [0.2, 0.25) is 0 Å². The molecule has 18 heavy (non-hydrogen) atoms. The number of rotatable bonds is 1. The van der Waals surface area contributed by atoms with E-state index in [1.165, 1.54) is 17.2 Å². The lowest BCUT2D eigenvalue weighted by atomic mass is 10.0. The number of nitrogens with one attached hydrogen (secondary N) is 1. The smallest absolute Gasteiger partial charge is 0.296 e. The summed E-state index contributed by atoms with van der Waals surface area (Å²) >= 11 is 0. The fourth-order valence-corrected chi connectivity index (χ4v) is 2.58. The summed E-state index contributed by atoms with van der Waals surface area (Å²) in [5, 5.41) is 8.84. The van der Waals surface area contributed by atoms with Gasteiger partial charge < -0.3 is 0 Å². The number of H-pyrrole nitrogens is 1. The molecule has 1 aliphatic carbocycles. The molecule has 0 saturated heterocycles. The molecule has 2 rings (SSSR count). The first kappa shape index (κ1) is 12.6. The molecule has 0 bridgehead atoms. The van der Waals surface area contributed by atoms with Crippen LogP contribution in [0.3, 0.4) is 0 Å². The number of hydrogen-bond acceptors (Lipinski definition) is 3. The third kappa shape index (κ3) is 2.53. The summed E-state index contributed by atoms with van der Waals surface area (Å²) in [6, 6.07) is 1.93. The van der Waals surface area contributed by atoms with Crippen molar-refractivity contribution >= 4 is 0 Å². The SMILES string of the molecule is CC1CCCC(n2cc(C#N)c(=O)[nH]c2=O)CC1. The summed E-state index contributed by atoms with van der Waals surface area (Å²) in [6.45, 7) is 2.22. The largest absolute Gasteiger partial charge is 0.328 e. The van der Waals surface area contributed by atoms with Crippen molar-refractivity contribution in [3.63, 3.8) is 0 Å². The molecular formula is C13H17N3O2. The zero-order valence-electron chi connectivity index (χ0n) is 10.5. The van der Waals surface area contributed by atoms with Crippen LogP contribution in [0.2, 0.25) is 0 Å². The Hall–Kier alpha value is -1.83. The van der Waals surface area contributed by atoms with Crippen molar-refractivity contribution in [2.75, 3.05) is 0 Å². The van der Waals surface area contributed by atoms with Gasteiger partial charge in [0.25, 0.3) is 5.56 Å². The first-order valence-corrected chi connectivity index (χ1v) is 6.37. The third-order valence-corrected chi connectivity index (χ3v) is 3.71. The Morgan fingerprint density at radius 3 is 2.83 bits per heavy atom. The second kappa shape index (κ2) is 5.21. The van der Waals surface area contributed by atoms with E-state index >= 15 is 0 Å². The minimum Gasteiger partial charge on any atom is -0.296 e. The van der Waals surface area contributed by atoms with Gasteiger partial charge in [-0.3, -0.25) is 14.3 Å². The van der Waals surface area contributed by atoms with Crippen LogP contribution in [-0.2, 0) is 0 Å². The molecule has 96 valence electrons. The normalized spacial score (nSPS) is 24.2. The van der Waals surface area contributed by atoms with Gasteiger partial charge in [-0.2, -0.15) is 5.26 Å². The number of nitriles is 1. The van der Waals surface area contributed by atoms with Gasteiger partial charge in [-0.05, 0) is 25.2 Å². The van der Waals surface area contributed by atoms with Crippen molar-refractivity contribution in [1.29, 1.82) is 5.26 Å². The van der Waals surface area contributed by atoms with Crippen molar-refractivity contribution in [2.45, 2.75) is 45.1 Å². The monoisotopic (exact) mass is 247 g/mol. The maximum Gasteiger partial charge on any atom is 0.328 e. The van der Waals surface area contributed by atoms with Crippen LogP contribution in [0.25, 0.3) is 0 Å². The van der Waals surface area contributed by atoms with Crippen molar-refractivity contribution in [1.82, 2.24) is 9.55 Å². The summed E-state index contributed by atoms with van der Waals surface area (Å²) in [4.78, 5) is 25.4. The van der Waals surface area contributed by atoms with Crippen LogP contribution >= 0.6 is 0 Å². The molecule has 1 heterocycles. The zero-order chi connectivity index (χ0) is 13.1. The van der Waals surface area contributed by atoms with Crippen molar-refractivity contribution < 1.29 is 0 Å². The standard InChI is InChI=1S/C13H17N3O2/c1-9-3-2-4-11(6-5-9)16-8-10(7-14)12(17)15-13(16)18/h8-9,11H,2-6H2,1H3,(H,15,17,18). The molecule has 1 saturated carbocycles. The topological polar surface area (TPSA) is 78.7 Å². The number of aromatic nitrogens is 2. The van der Waals surface area contributed by atoms with Crippen LogP contribution in [0, 0.1) is 17.2 Å². The fraction of sp³-hybridized carbons (Fsp3) is 0.615. The highest BCUT2D eigenvalue weighted by Gasteiger charge is 2.19. The highest BCUT2D eigenvalue weighted by molar-refractivity contribution is 5.21. The Morgan fingerprint density at radius 1 is 1.33 bits per heavy atom. The van der Waals surface area contributed by atoms with Gasteiger partial charge in [0.1, 0.15) is 11.6 Å². The highest BCUT2D eigenvalue weighted by Crippen LogP contribution is 2.29. The van der Waals surface area contributed by atoms with E-state index in [1.807, 2.05) is 6.07 Å². The summed E-state index contributed by atoms with van der Waals surface area (Å²) in [5.41, 5.74) is -0.994. The van der Waals surface area contributed by atoms with E-state index in [1.54, 1.807) is 0 Å². The van der Waals surface area contributed by atoms with Crippen molar-refractivity contribution in [3.8, 4) is 6.07 Å². The predicted molar refractivity (Wildman–Crippen MR) is 67.3 cm³/mol. The predicted octanol–water partition coefficient (Wildman–Crippen LogP) is 1.55. The molecule has 1 N–H and O–H groups in total. The Bertz CT molecular complexity index is 579. The number of hydrogen-bond donors (Lipinski definition) is 1. The molecule has 2 unspecified atom stereocenters. The number of nitrogens with zero attached hydrogens (tertiary/aromatic N) is 2. The maximum absolute atomic E-state index is 11.8. The van der Waals surface area contributed by atoms with Crippen LogP contribution in [-0.4, -0.2) is 9.55 Å². The quantitative estimate of drug-likeness (QED) is 0.765. The van der Waals surface area contributed by atoms with Crippen LogP contribution < -0.4 is 11.2 Å². The molecule has 0 aromatic carbocycles. The van der Waals surface area contributed by atoms with E-state index < -0.39 is 11.2 Å². The lowest BCUT2D eigenvalue weighted by Crippen LogP contribution is -2.33. The van der Waals surface area contributed by atoms with Gasteiger partial charge in [0.05, 0.1) is 0 Å². The first-order valence-electron chi connectivity index (χ1n) is 6.37. The molecule has 5 heteroatoms. The van der Waals surface area contributed by atoms with E-state index in [0.717, 1.165) is 25.7 Å². The molecular weight excluding hydrogens is 230 g/mol. The molecule has 5 nitrogen and oxygen atoms in total. The van der Waals surface area contributed by atoms with Crippen LogP contribution in [0.1, 0.15) is 50.6 Å². The zero-order valence-corrected chi connectivity index (χ0v) is 10.5. The van der Waals surface area contributed by atoms with Gasteiger partial charge >= 0.3 is 5.69 Å².